The lowest BCUT2D eigenvalue weighted by atomic mass is 10.1. The van der Waals surface area contributed by atoms with Crippen LogP contribution in [0.25, 0.3) is 0 Å². The van der Waals surface area contributed by atoms with E-state index in [1.165, 1.54) is 4.90 Å². The van der Waals surface area contributed by atoms with Gasteiger partial charge in [-0.3, -0.25) is 9.59 Å². The molecule has 24 heavy (non-hydrogen) atoms. The molecule has 2 fully saturated rings. The van der Waals surface area contributed by atoms with Gasteiger partial charge in [-0.25, -0.2) is 4.79 Å². The van der Waals surface area contributed by atoms with Gasteiger partial charge in [0.2, 0.25) is 11.8 Å². The Kier molecular flexibility index (Phi) is 4.69. The molecule has 1 aromatic rings. The van der Waals surface area contributed by atoms with Crippen molar-refractivity contribution in [2.75, 3.05) is 26.7 Å². The molecular weight excluding hydrogens is 308 g/mol. The monoisotopic (exact) mass is 330 g/mol. The number of carbonyl (C=O) groups is 3. The second-order valence-electron chi connectivity index (χ2n) is 6.32. The largest absolute Gasteiger partial charge is 0.338 e. The van der Waals surface area contributed by atoms with Gasteiger partial charge in [-0.2, -0.15) is 0 Å². The molecule has 0 unspecified atom stereocenters. The number of amides is 4. The minimum Gasteiger partial charge on any atom is -0.338 e. The van der Waals surface area contributed by atoms with Gasteiger partial charge in [-0.1, -0.05) is 30.3 Å². The molecule has 7 nitrogen and oxygen atoms in total. The molecule has 0 bridgehead atoms. The molecule has 0 saturated carbocycles. The lowest BCUT2D eigenvalue weighted by molar-refractivity contribution is -0.152. The van der Waals surface area contributed by atoms with Gasteiger partial charge in [-0.15, -0.1) is 0 Å². The average molecular weight is 330 g/mol. The van der Waals surface area contributed by atoms with Crippen LogP contribution in [0.1, 0.15) is 12.0 Å². The van der Waals surface area contributed by atoms with Crippen molar-refractivity contribution in [2.45, 2.75) is 24.9 Å². The summed E-state index contributed by atoms with van der Waals surface area (Å²) in [7, 11) is 1.63. The molecule has 4 amide bonds. The Hall–Kier alpha value is -2.57. The quantitative estimate of drug-likeness (QED) is 0.813. The van der Waals surface area contributed by atoms with E-state index in [0.717, 1.165) is 12.0 Å². The molecule has 1 aromatic carbocycles. The van der Waals surface area contributed by atoms with E-state index in [1.807, 2.05) is 30.3 Å². The van der Waals surface area contributed by atoms with E-state index in [2.05, 4.69) is 10.6 Å². The summed E-state index contributed by atoms with van der Waals surface area (Å²) in [5, 5.41) is 5.68. The normalized spacial score (nSPS) is 23.2. The Morgan fingerprint density at radius 2 is 2.00 bits per heavy atom. The van der Waals surface area contributed by atoms with Crippen molar-refractivity contribution in [2.24, 2.45) is 0 Å². The zero-order chi connectivity index (χ0) is 17.1. The van der Waals surface area contributed by atoms with Crippen LogP contribution in [0, 0.1) is 0 Å². The van der Waals surface area contributed by atoms with Gasteiger partial charge in [0.1, 0.15) is 6.04 Å². The predicted molar refractivity (Wildman–Crippen MR) is 88.2 cm³/mol. The Morgan fingerprint density at radius 3 is 2.75 bits per heavy atom. The number of nitrogens with one attached hydrogen (secondary N) is 2. The third-order valence-corrected chi connectivity index (χ3v) is 4.53. The highest BCUT2D eigenvalue weighted by molar-refractivity contribution is 5.95. The fraction of sp³-hybridized carbons (Fsp3) is 0.471. The summed E-state index contributed by atoms with van der Waals surface area (Å²) in [4.78, 5) is 39.1. The molecule has 0 aromatic heterocycles. The van der Waals surface area contributed by atoms with Gasteiger partial charge in [0.15, 0.2) is 0 Å². The number of hydrogen-bond donors (Lipinski definition) is 2. The van der Waals surface area contributed by atoms with Crippen molar-refractivity contribution in [3.05, 3.63) is 35.9 Å². The standard InChI is InChI=1S/C17H22N4O3/c1-20-11-15(22)21-10-13(9-14(21)16(20)23)19-17(24)18-8-7-12-5-3-2-4-6-12/h2-6,13-14H,7-11H2,1H3,(H2,18,19,24)/t13-,14+/m1/s1. The van der Waals surface area contributed by atoms with Crippen LogP contribution < -0.4 is 10.6 Å². The SMILES string of the molecule is CN1CC(=O)N2C[C@H](NC(=O)NCCc3ccccc3)C[C@H]2C1=O. The summed E-state index contributed by atoms with van der Waals surface area (Å²) in [6.45, 7) is 1.05. The van der Waals surface area contributed by atoms with Crippen LogP contribution in [-0.4, -0.2) is 66.4 Å². The van der Waals surface area contributed by atoms with E-state index in [4.69, 9.17) is 0 Å². The van der Waals surface area contributed by atoms with Gasteiger partial charge in [0.05, 0.1) is 12.6 Å². The van der Waals surface area contributed by atoms with Gasteiger partial charge in [0, 0.05) is 20.1 Å². The molecule has 0 spiro atoms. The summed E-state index contributed by atoms with van der Waals surface area (Å²) < 4.78 is 0. The van der Waals surface area contributed by atoms with Crippen molar-refractivity contribution in [1.29, 1.82) is 0 Å². The first-order chi connectivity index (χ1) is 11.5. The van der Waals surface area contributed by atoms with Gasteiger partial charge in [-0.05, 0) is 18.4 Å². The molecule has 7 heteroatoms. The molecule has 2 atom stereocenters. The minimum atomic E-state index is -0.439. The average Bonchev–Trinajstić information content (AvgIpc) is 2.98. The maximum atomic E-state index is 12.1. The summed E-state index contributed by atoms with van der Waals surface area (Å²) in [5.74, 6) is -0.112. The number of hydrogen-bond acceptors (Lipinski definition) is 3. The number of rotatable bonds is 4. The number of urea groups is 1. The fourth-order valence-corrected chi connectivity index (χ4v) is 3.28. The van der Waals surface area contributed by atoms with E-state index >= 15 is 0 Å². The first-order valence-corrected chi connectivity index (χ1v) is 8.17. The minimum absolute atomic E-state index is 0.0524. The van der Waals surface area contributed by atoms with Gasteiger partial charge in [0.25, 0.3) is 0 Å². The van der Waals surface area contributed by atoms with Crippen LogP contribution in [0.3, 0.4) is 0 Å². The van der Waals surface area contributed by atoms with E-state index in [-0.39, 0.29) is 30.4 Å². The maximum Gasteiger partial charge on any atom is 0.315 e. The molecule has 0 aliphatic carbocycles. The predicted octanol–water partition coefficient (Wildman–Crippen LogP) is -0.0302. The van der Waals surface area contributed by atoms with Crippen LogP contribution >= 0.6 is 0 Å². The van der Waals surface area contributed by atoms with E-state index < -0.39 is 6.04 Å². The topological polar surface area (TPSA) is 81.8 Å². The Labute approximate surface area is 141 Å². The molecule has 2 aliphatic rings. The fourth-order valence-electron chi connectivity index (χ4n) is 3.28. The molecule has 2 saturated heterocycles. The summed E-state index contributed by atoms with van der Waals surface area (Å²) in [6, 6.07) is 9.04. The second-order valence-corrected chi connectivity index (χ2v) is 6.32. The first kappa shape index (κ1) is 16.3. The summed E-state index contributed by atoms with van der Waals surface area (Å²) in [6.07, 6.45) is 1.23. The highest BCUT2D eigenvalue weighted by Crippen LogP contribution is 2.23. The maximum absolute atomic E-state index is 12.1. The lowest BCUT2D eigenvalue weighted by Crippen LogP contribution is -2.55. The second kappa shape index (κ2) is 6.90. The van der Waals surface area contributed by atoms with Crippen molar-refractivity contribution in [3.8, 4) is 0 Å². The third kappa shape index (κ3) is 3.50. The van der Waals surface area contributed by atoms with Crippen molar-refractivity contribution in [3.63, 3.8) is 0 Å². The number of fused-ring (bicyclic) bond motifs is 1. The lowest BCUT2D eigenvalue weighted by Gasteiger charge is -2.33. The van der Waals surface area contributed by atoms with Crippen LogP contribution in [0.15, 0.2) is 30.3 Å². The van der Waals surface area contributed by atoms with E-state index in [0.29, 0.717) is 19.5 Å². The molecule has 2 heterocycles. The van der Waals surface area contributed by atoms with Gasteiger partial charge < -0.3 is 20.4 Å². The zero-order valence-electron chi connectivity index (χ0n) is 13.7. The number of nitrogens with zero attached hydrogens (tertiary/aromatic N) is 2. The van der Waals surface area contributed by atoms with Crippen LogP contribution in [-0.2, 0) is 16.0 Å². The molecule has 3 rings (SSSR count). The number of carbonyl (C=O) groups excluding carboxylic acids is 3. The molecule has 2 N–H and O–H groups in total. The molecule has 0 radical (unpaired) electrons. The van der Waals surface area contributed by atoms with Crippen molar-refractivity contribution in [1.82, 2.24) is 20.4 Å². The van der Waals surface area contributed by atoms with Crippen molar-refractivity contribution < 1.29 is 14.4 Å². The third-order valence-electron chi connectivity index (χ3n) is 4.53. The van der Waals surface area contributed by atoms with E-state index in [9.17, 15) is 14.4 Å². The molecule has 128 valence electrons. The van der Waals surface area contributed by atoms with Crippen LogP contribution in [0.5, 0.6) is 0 Å². The van der Waals surface area contributed by atoms with E-state index in [1.54, 1.807) is 11.9 Å². The first-order valence-electron chi connectivity index (χ1n) is 8.17. The number of piperazine rings is 1. The van der Waals surface area contributed by atoms with Gasteiger partial charge >= 0.3 is 6.03 Å². The highest BCUT2D eigenvalue weighted by Gasteiger charge is 2.44. The Morgan fingerprint density at radius 1 is 1.25 bits per heavy atom. The molecular formula is C17H22N4O3. The summed E-state index contributed by atoms with van der Waals surface area (Å²) in [5.41, 5.74) is 1.16. The summed E-state index contributed by atoms with van der Waals surface area (Å²) >= 11 is 0. The zero-order valence-corrected chi connectivity index (χ0v) is 13.7. The van der Waals surface area contributed by atoms with Crippen LogP contribution in [0.2, 0.25) is 0 Å². The van der Waals surface area contributed by atoms with Crippen molar-refractivity contribution >= 4 is 17.8 Å². The Bertz CT molecular complexity index is 634. The molecule has 2 aliphatic heterocycles. The number of benzene rings is 1. The highest BCUT2D eigenvalue weighted by atomic mass is 16.2. The Balaban J connectivity index is 1.46. The smallest absolute Gasteiger partial charge is 0.315 e. The van der Waals surface area contributed by atoms with Crippen LogP contribution in [0.4, 0.5) is 4.79 Å². The number of likely N-dealkylation sites (N-methyl/N-ethyl adjacent to an activating group) is 1.